The highest BCUT2D eigenvalue weighted by Crippen LogP contribution is 2.44. The molecule has 2 N–H and O–H groups in total. The smallest absolute Gasteiger partial charge is 0.139 e. The first-order chi connectivity index (χ1) is 10.2. The van der Waals surface area contributed by atoms with Crippen molar-refractivity contribution in [2.45, 2.75) is 44.4 Å². The second-order valence-corrected chi connectivity index (χ2v) is 6.02. The maximum atomic E-state index is 5.70. The van der Waals surface area contributed by atoms with Gasteiger partial charge in [0.15, 0.2) is 0 Å². The molecule has 3 heteroatoms. The molecule has 1 heterocycles. The lowest BCUT2D eigenvalue weighted by Crippen LogP contribution is -2.27. The fraction of sp³-hybridized carbons (Fsp3) is 0.444. The predicted octanol–water partition coefficient (Wildman–Crippen LogP) is 3.15. The first kappa shape index (κ1) is 14.2. The van der Waals surface area contributed by atoms with Crippen molar-refractivity contribution in [3.8, 4) is 0 Å². The van der Waals surface area contributed by atoms with E-state index in [4.69, 9.17) is 15.7 Å². The Balaban J connectivity index is 2.10. The number of hydrogen-bond acceptors (Lipinski definition) is 3. The molecule has 0 amide bonds. The van der Waals surface area contributed by atoms with E-state index in [0.717, 1.165) is 36.5 Å². The molecule has 1 aliphatic rings. The van der Waals surface area contributed by atoms with Gasteiger partial charge in [0.25, 0.3) is 0 Å². The van der Waals surface area contributed by atoms with E-state index in [1.165, 1.54) is 18.4 Å². The molecule has 1 saturated carbocycles. The molecular weight excluding hydrogens is 258 g/mol. The van der Waals surface area contributed by atoms with Crippen molar-refractivity contribution >= 4 is 0 Å². The van der Waals surface area contributed by atoms with Crippen LogP contribution in [0.1, 0.15) is 48.5 Å². The maximum absolute atomic E-state index is 5.70. The van der Waals surface area contributed by atoms with Crippen molar-refractivity contribution in [3.05, 3.63) is 59.2 Å². The molecule has 1 fully saturated rings. The summed E-state index contributed by atoms with van der Waals surface area (Å²) in [5.41, 5.74) is 9.17. The Morgan fingerprint density at radius 2 is 1.81 bits per heavy atom. The quantitative estimate of drug-likeness (QED) is 0.936. The van der Waals surface area contributed by atoms with E-state index in [1.807, 2.05) is 0 Å². The lowest BCUT2D eigenvalue weighted by Gasteiger charge is -2.28. The Labute approximate surface area is 126 Å². The fourth-order valence-corrected chi connectivity index (χ4v) is 3.50. The van der Waals surface area contributed by atoms with Crippen LogP contribution in [0.5, 0.6) is 0 Å². The minimum atomic E-state index is -0.00334. The molecule has 0 aliphatic heterocycles. The molecule has 0 bridgehead atoms. The van der Waals surface area contributed by atoms with Crippen molar-refractivity contribution in [3.63, 3.8) is 0 Å². The van der Waals surface area contributed by atoms with E-state index in [0.29, 0.717) is 6.54 Å². The average Bonchev–Trinajstić information content (AvgIpc) is 2.99. The van der Waals surface area contributed by atoms with Crippen molar-refractivity contribution in [2.24, 2.45) is 5.73 Å². The Bertz CT molecular complexity index is 601. The van der Waals surface area contributed by atoms with Crippen LogP contribution in [0, 0.1) is 6.92 Å². The van der Waals surface area contributed by atoms with E-state index < -0.39 is 0 Å². The molecule has 0 spiro atoms. The van der Waals surface area contributed by atoms with E-state index in [-0.39, 0.29) is 5.41 Å². The average molecular weight is 281 g/mol. The minimum absolute atomic E-state index is 0.00334. The summed E-state index contributed by atoms with van der Waals surface area (Å²) in [6.07, 6.45) is 5.60. The van der Waals surface area contributed by atoms with Crippen molar-refractivity contribution < 1.29 is 0 Å². The Morgan fingerprint density at radius 3 is 2.48 bits per heavy atom. The second kappa shape index (κ2) is 5.94. The third-order valence-corrected chi connectivity index (χ3v) is 4.52. The number of hydrogen-bond donors (Lipinski definition) is 1. The molecule has 0 saturated heterocycles. The molecule has 1 aliphatic carbocycles. The predicted molar refractivity (Wildman–Crippen MR) is 85.2 cm³/mol. The van der Waals surface area contributed by atoms with Crippen LogP contribution in [-0.2, 0) is 11.8 Å². The van der Waals surface area contributed by atoms with Gasteiger partial charge in [-0.15, -0.1) is 0 Å². The van der Waals surface area contributed by atoms with Gasteiger partial charge in [0.05, 0.1) is 5.41 Å². The second-order valence-electron chi connectivity index (χ2n) is 6.02. The lowest BCUT2D eigenvalue weighted by molar-refractivity contribution is 0.494. The summed E-state index contributed by atoms with van der Waals surface area (Å²) in [7, 11) is 0. The van der Waals surface area contributed by atoms with Crippen LogP contribution in [0.3, 0.4) is 0 Å². The summed E-state index contributed by atoms with van der Waals surface area (Å²) in [6, 6.07) is 12.8. The molecule has 3 nitrogen and oxygen atoms in total. The lowest BCUT2D eigenvalue weighted by atomic mass is 9.78. The van der Waals surface area contributed by atoms with Gasteiger partial charge >= 0.3 is 0 Å². The highest BCUT2D eigenvalue weighted by molar-refractivity contribution is 5.35. The maximum Gasteiger partial charge on any atom is 0.139 e. The third-order valence-electron chi connectivity index (χ3n) is 4.52. The summed E-state index contributed by atoms with van der Waals surface area (Å²) < 4.78 is 0. The van der Waals surface area contributed by atoms with Crippen molar-refractivity contribution in [1.29, 1.82) is 0 Å². The zero-order valence-corrected chi connectivity index (χ0v) is 12.7. The topological polar surface area (TPSA) is 51.8 Å². The van der Waals surface area contributed by atoms with Crippen LogP contribution in [0.2, 0.25) is 0 Å². The Kier molecular flexibility index (Phi) is 4.02. The molecule has 3 rings (SSSR count). The van der Waals surface area contributed by atoms with Gasteiger partial charge < -0.3 is 5.73 Å². The number of aromatic nitrogens is 2. The number of benzene rings is 1. The van der Waals surface area contributed by atoms with E-state index in [2.05, 4.69) is 43.3 Å². The molecule has 110 valence electrons. The van der Waals surface area contributed by atoms with Gasteiger partial charge in [-0.1, -0.05) is 43.2 Å². The number of rotatable bonds is 4. The monoisotopic (exact) mass is 281 g/mol. The highest BCUT2D eigenvalue weighted by Gasteiger charge is 2.40. The zero-order valence-electron chi connectivity index (χ0n) is 12.7. The van der Waals surface area contributed by atoms with Gasteiger partial charge in [0.2, 0.25) is 0 Å². The number of nitrogens with zero attached hydrogens (tertiary/aromatic N) is 2. The fourth-order valence-electron chi connectivity index (χ4n) is 3.50. The molecule has 0 unspecified atom stereocenters. The SMILES string of the molecule is Cc1cc(CCN)nc(C2(c3ccccc3)CCCC2)n1. The normalized spacial score (nSPS) is 17.0. The molecule has 2 aromatic rings. The molecular formula is C18H23N3. The van der Waals surface area contributed by atoms with Crippen LogP contribution < -0.4 is 5.73 Å². The highest BCUT2D eigenvalue weighted by atomic mass is 14.9. The van der Waals surface area contributed by atoms with Crippen molar-refractivity contribution in [2.75, 3.05) is 6.54 Å². The Hall–Kier alpha value is -1.74. The first-order valence-electron chi connectivity index (χ1n) is 7.85. The van der Waals surface area contributed by atoms with Gasteiger partial charge in [0.1, 0.15) is 5.82 Å². The van der Waals surface area contributed by atoms with Crippen LogP contribution in [-0.4, -0.2) is 16.5 Å². The van der Waals surface area contributed by atoms with Crippen molar-refractivity contribution in [1.82, 2.24) is 9.97 Å². The molecule has 0 radical (unpaired) electrons. The molecule has 21 heavy (non-hydrogen) atoms. The van der Waals surface area contributed by atoms with Crippen LogP contribution in [0.4, 0.5) is 0 Å². The molecule has 1 aromatic heterocycles. The van der Waals surface area contributed by atoms with E-state index >= 15 is 0 Å². The molecule has 1 aromatic carbocycles. The van der Waals surface area contributed by atoms with Crippen LogP contribution in [0.15, 0.2) is 36.4 Å². The van der Waals surface area contributed by atoms with Gasteiger partial charge in [0, 0.05) is 17.8 Å². The third kappa shape index (κ3) is 2.70. The zero-order chi connectivity index (χ0) is 14.7. The standard InChI is InChI=1S/C18H23N3/c1-14-13-16(9-12-19)21-17(20-14)18(10-5-6-11-18)15-7-3-2-4-8-15/h2-4,7-8,13H,5-6,9-12,19H2,1H3. The number of nitrogens with two attached hydrogens (primary N) is 1. The van der Waals surface area contributed by atoms with E-state index in [1.54, 1.807) is 0 Å². The molecule has 0 atom stereocenters. The largest absolute Gasteiger partial charge is 0.330 e. The van der Waals surface area contributed by atoms with Gasteiger partial charge in [-0.2, -0.15) is 0 Å². The van der Waals surface area contributed by atoms with Gasteiger partial charge in [-0.3, -0.25) is 0 Å². The van der Waals surface area contributed by atoms with Crippen LogP contribution in [0.25, 0.3) is 0 Å². The summed E-state index contributed by atoms with van der Waals surface area (Å²) >= 11 is 0. The summed E-state index contributed by atoms with van der Waals surface area (Å²) in [5.74, 6) is 0.995. The van der Waals surface area contributed by atoms with Gasteiger partial charge in [-0.25, -0.2) is 9.97 Å². The number of aryl methyl sites for hydroxylation is 1. The van der Waals surface area contributed by atoms with Crippen LogP contribution >= 0.6 is 0 Å². The summed E-state index contributed by atoms with van der Waals surface area (Å²) in [4.78, 5) is 9.66. The summed E-state index contributed by atoms with van der Waals surface area (Å²) in [6.45, 7) is 2.69. The summed E-state index contributed by atoms with van der Waals surface area (Å²) in [5, 5.41) is 0. The van der Waals surface area contributed by atoms with Gasteiger partial charge in [-0.05, 0) is 37.9 Å². The Morgan fingerprint density at radius 1 is 1.10 bits per heavy atom. The minimum Gasteiger partial charge on any atom is -0.330 e. The first-order valence-corrected chi connectivity index (χ1v) is 7.85. The van der Waals surface area contributed by atoms with E-state index in [9.17, 15) is 0 Å².